The lowest BCUT2D eigenvalue weighted by molar-refractivity contribution is 0.236. The number of aromatic amines is 1. The maximum absolute atomic E-state index is 12.0. The van der Waals surface area contributed by atoms with E-state index in [1.54, 1.807) is 0 Å². The average Bonchev–Trinajstić information content (AvgIpc) is 2.98. The molecule has 0 spiro atoms. The van der Waals surface area contributed by atoms with Gasteiger partial charge in [0.25, 0.3) is 5.56 Å². The van der Waals surface area contributed by atoms with E-state index in [1.807, 2.05) is 31.2 Å². The summed E-state index contributed by atoms with van der Waals surface area (Å²) in [7, 11) is 0. The summed E-state index contributed by atoms with van der Waals surface area (Å²) in [6, 6.07) is 7.80. The lowest BCUT2D eigenvalue weighted by atomic mass is 10.1. The van der Waals surface area contributed by atoms with E-state index in [0.29, 0.717) is 5.56 Å². The number of carbonyl (C=O) groups excluding carboxylic acids is 1. The molecule has 0 unspecified atom stereocenters. The Morgan fingerprint density at radius 2 is 2.05 bits per heavy atom. The van der Waals surface area contributed by atoms with E-state index in [-0.39, 0.29) is 24.2 Å². The number of nitrogens with one attached hydrogen (secondary N) is 3. The van der Waals surface area contributed by atoms with Crippen LogP contribution in [0.1, 0.15) is 36.8 Å². The second-order valence-electron chi connectivity index (χ2n) is 6.02. The van der Waals surface area contributed by atoms with Crippen molar-refractivity contribution in [3.63, 3.8) is 0 Å². The molecule has 116 valence electrons. The highest BCUT2D eigenvalue weighted by Gasteiger charge is 2.16. The number of pyridine rings is 1. The molecule has 1 aromatic carbocycles. The van der Waals surface area contributed by atoms with E-state index in [0.717, 1.165) is 29.3 Å². The van der Waals surface area contributed by atoms with E-state index in [1.165, 1.54) is 12.8 Å². The molecule has 3 rings (SSSR count). The molecule has 0 radical (unpaired) electrons. The molecule has 0 aliphatic heterocycles. The van der Waals surface area contributed by atoms with Crippen molar-refractivity contribution in [3.05, 3.63) is 45.7 Å². The van der Waals surface area contributed by atoms with E-state index in [9.17, 15) is 9.59 Å². The molecule has 5 heteroatoms. The number of carbonyl (C=O) groups is 1. The number of fused-ring (bicyclic) bond motifs is 1. The first-order valence-corrected chi connectivity index (χ1v) is 7.79. The van der Waals surface area contributed by atoms with Crippen molar-refractivity contribution in [2.75, 3.05) is 0 Å². The third-order valence-electron chi connectivity index (χ3n) is 4.21. The zero-order chi connectivity index (χ0) is 15.5. The number of amides is 2. The predicted molar refractivity (Wildman–Crippen MR) is 86.9 cm³/mol. The van der Waals surface area contributed by atoms with Crippen molar-refractivity contribution in [3.8, 4) is 0 Å². The van der Waals surface area contributed by atoms with E-state index >= 15 is 0 Å². The Bertz CT molecular complexity index is 745. The van der Waals surface area contributed by atoms with Gasteiger partial charge in [0, 0.05) is 23.7 Å². The van der Waals surface area contributed by atoms with E-state index < -0.39 is 0 Å². The molecule has 1 fully saturated rings. The topological polar surface area (TPSA) is 74.0 Å². The van der Waals surface area contributed by atoms with Crippen LogP contribution in [0.15, 0.2) is 29.1 Å². The minimum absolute atomic E-state index is 0.155. The Balaban J connectivity index is 1.69. The van der Waals surface area contributed by atoms with Gasteiger partial charge in [-0.3, -0.25) is 4.79 Å². The first kappa shape index (κ1) is 14.6. The number of rotatable bonds is 3. The third kappa shape index (κ3) is 3.30. The van der Waals surface area contributed by atoms with Gasteiger partial charge in [0.1, 0.15) is 0 Å². The highest BCUT2D eigenvalue weighted by Crippen LogP contribution is 2.17. The number of aryl methyl sites for hydroxylation is 1. The van der Waals surface area contributed by atoms with Crippen LogP contribution in [0.4, 0.5) is 4.79 Å². The van der Waals surface area contributed by atoms with Crippen LogP contribution in [-0.2, 0) is 6.54 Å². The number of H-pyrrole nitrogens is 1. The molecule has 22 heavy (non-hydrogen) atoms. The van der Waals surface area contributed by atoms with Gasteiger partial charge >= 0.3 is 6.03 Å². The SMILES string of the molecule is Cc1ccc2[nH]c(=O)c(CNC(=O)NC3CCCC3)cc2c1. The van der Waals surface area contributed by atoms with Crippen LogP contribution in [0.5, 0.6) is 0 Å². The maximum atomic E-state index is 12.0. The average molecular weight is 299 g/mol. The summed E-state index contributed by atoms with van der Waals surface area (Å²) in [5, 5.41) is 6.71. The van der Waals surface area contributed by atoms with Crippen LogP contribution in [0, 0.1) is 6.92 Å². The predicted octanol–water partition coefficient (Wildman–Crippen LogP) is 2.58. The van der Waals surface area contributed by atoms with Crippen molar-refractivity contribution in [2.24, 2.45) is 0 Å². The van der Waals surface area contributed by atoms with Crippen LogP contribution in [0.25, 0.3) is 10.9 Å². The molecule has 1 heterocycles. The molecular weight excluding hydrogens is 278 g/mol. The van der Waals surface area contributed by atoms with Crippen LogP contribution in [-0.4, -0.2) is 17.1 Å². The molecule has 3 N–H and O–H groups in total. The van der Waals surface area contributed by atoms with Crippen molar-refractivity contribution in [2.45, 2.75) is 45.2 Å². The molecule has 1 saturated carbocycles. The largest absolute Gasteiger partial charge is 0.335 e. The molecule has 1 aliphatic carbocycles. The van der Waals surface area contributed by atoms with Gasteiger partial charge in [-0.25, -0.2) is 4.79 Å². The number of hydrogen-bond acceptors (Lipinski definition) is 2. The Morgan fingerprint density at radius 3 is 2.82 bits per heavy atom. The molecule has 2 amide bonds. The highest BCUT2D eigenvalue weighted by molar-refractivity contribution is 5.80. The van der Waals surface area contributed by atoms with Crippen molar-refractivity contribution in [1.29, 1.82) is 0 Å². The van der Waals surface area contributed by atoms with Gasteiger partial charge in [-0.15, -0.1) is 0 Å². The van der Waals surface area contributed by atoms with Crippen molar-refractivity contribution in [1.82, 2.24) is 15.6 Å². The first-order valence-electron chi connectivity index (χ1n) is 7.79. The standard InChI is InChI=1S/C17H21N3O2/c1-11-6-7-15-12(8-11)9-13(16(21)20-15)10-18-17(22)19-14-4-2-3-5-14/h6-9,14H,2-5,10H2,1H3,(H,20,21)(H2,18,19,22). The normalized spacial score (nSPS) is 15.1. The molecule has 0 bridgehead atoms. The second-order valence-corrected chi connectivity index (χ2v) is 6.02. The summed E-state index contributed by atoms with van der Waals surface area (Å²) < 4.78 is 0. The van der Waals surface area contributed by atoms with E-state index in [2.05, 4.69) is 15.6 Å². The molecule has 2 aromatic rings. The van der Waals surface area contributed by atoms with Gasteiger partial charge in [-0.05, 0) is 43.4 Å². The van der Waals surface area contributed by atoms with Gasteiger partial charge in [-0.1, -0.05) is 24.5 Å². The smallest absolute Gasteiger partial charge is 0.315 e. The van der Waals surface area contributed by atoms with Crippen LogP contribution in [0.3, 0.4) is 0 Å². The summed E-state index contributed by atoms with van der Waals surface area (Å²) >= 11 is 0. The fourth-order valence-electron chi connectivity index (χ4n) is 2.98. The zero-order valence-corrected chi connectivity index (χ0v) is 12.7. The fraction of sp³-hybridized carbons (Fsp3) is 0.412. The molecular formula is C17H21N3O2. The molecule has 1 aliphatic rings. The third-order valence-corrected chi connectivity index (χ3v) is 4.21. The summed E-state index contributed by atoms with van der Waals surface area (Å²) in [4.78, 5) is 26.8. The Kier molecular flexibility index (Phi) is 4.13. The number of urea groups is 1. The van der Waals surface area contributed by atoms with Gasteiger partial charge in [0.15, 0.2) is 0 Å². The maximum Gasteiger partial charge on any atom is 0.315 e. The number of aromatic nitrogens is 1. The summed E-state index contributed by atoms with van der Waals surface area (Å²) in [6.07, 6.45) is 4.44. The van der Waals surface area contributed by atoms with Gasteiger partial charge in [0.2, 0.25) is 0 Å². The van der Waals surface area contributed by atoms with Crippen LogP contribution >= 0.6 is 0 Å². The molecule has 0 atom stereocenters. The first-order chi connectivity index (χ1) is 10.6. The monoisotopic (exact) mass is 299 g/mol. The van der Waals surface area contributed by atoms with Gasteiger partial charge < -0.3 is 15.6 Å². The van der Waals surface area contributed by atoms with Crippen LogP contribution in [0.2, 0.25) is 0 Å². The summed E-state index contributed by atoms with van der Waals surface area (Å²) in [6.45, 7) is 2.25. The van der Waals surface area contributed by atoms with Crippen molar-refractivity contribution >= 4 is 16.9 Å². The Labute approximate surface area is 129 Å². The van der Waals surface area contributed by atoms with Crippen LogP contribution < -0.4 is 16.2 Å². The minimum atomic E-state index is -0.198. The van der Waals surface area contributed by atoms with Gasteiger partial charge in [0.05, 0.1) is 0 Å². The highest BCUT2D eigenvalue weighted by atomic mass is 16.2. The van der Waals surface area contributed by atoms with E-state index in [4.69, 9.17) is 0 Å². The Hall–Kier alpha value is -2.30. The lowest BCUT2D eigenvalue weighted by Gasteiger charge is -2.13. The summed E-state index contributed by atoms with van der Waals surface area (Å²) in [5.41, 5.74) is 2.37. The quantitative estimate of drug-likeness (QED) is 0.815. The number of benzene rings is 1. The fourth-order valence-corrected chi connectivity index (χ4v) is 2.98. The molecule has 5 nitrogen and oxygen atoms in total. The lowest BCUT2D eigenvalue weighted by Crippen LogP contribution is -2.41. The number of hydrogen-bond donors (Lipinski definition) is 3. The zero-order valence-electron chi connectivity index (χ0n) is 12.7. The Morgan fingerprint density at radius 1 is 1.27 bits per heavy atom. The van der Waals surface area contributed by atoms with Crippen molar-refractivity contribution < 1.29 is 4.79 Å². The molecule has 0 saturated heterocycles. The molecule has 1 aromatic heterocycles. The van der Waals surface area contributed by atoms with Gasteiger partial charge in [-0.2, -0.15) is 0 Å². The summed E-state index contributed by atoms with van der Waals surface area (Å²) in [5.74, 6) is 0. The minimum Gasteiger partial charge on any atom is -0.335 e. The second kappa shape index (κ2) is 6.22.